The number of hydrogen-bond donors (Lipinski definition) is 0. The van der Waals surface area contributed by atoms with E-state index in [2.05, 4.69) is 31.8 Å². The Morgan fingerprint density at radius 3 is 2.84 bits per heavy atom. The van der Waals surface area contributed by atoms with Crippen molar-refractivity contribution < 1.29 is 0 Å². The van der Waals surface area contributed by atoms with Crippen molar-refractivity contribution >= 4 is 5.95 Å². The van der Waals surface area contributed by atoms with Crippen molar-refractivity contribution in [1.82, 2.24) is 29.5 Å². The van der Waals surface area contributed by atoms with E-state index in [1.54, 1.807) is 18.6 Å². The number of rotatable bonds is 4. The molecule has 0 spiro atoms. The van der Waals surface area contributed by atoms with Gasteiger partial charge in [-0.25, -0.2) is 19.9 Å². The van der Waals surface area contributed by atoms with Crippen LogP contribution in [0.3, 0.4) is 0 Å². The van der Waals surface area contributed by atoms with Gasteiger partial charge in [0, 0.05) is 56.4 Å². The molecule has 1 aliphatic rings. The summed E-state index contributed by atoms with van der Waals surface area (Å²) >= 11 is 0. The maximum atomic E-state index is 4.87. The predicted octanol–water partition coefficient (Wildman–Crippen LogP) is 2.40. The van der Waals surface area contributed by atoms with Gasteiger partial charge >= 0.3 is 0 Å². The first-order valence-corrected chi connectivity index (χ1v) is 8.71. The summed E-state index contributed by atoms with van der Waals surface area (Å²) in [5.74, 6) is 2.95. The monoisotopic (exact) mass is 335 g/mol. The van der Waals surface area contributed by atoms with Crippen molar-refractivity contribution in [2.45, 2.75) is 32.1 Å². The Labute approximate surface area is 146 Å². The third kappa shape index (κ3) is 3.22. The summed E-state index contributed by atoms with van der Waals surface area (Å²) in [5.41, 5.74) is 1.02. The molecule has 128 valence electrons. The van der Waals surface area contributed by atoms with Gasteiger partial charge in [-0.2, -0.15) is 0 Å². The van der Waals surface area contributed by atoms with E-state index in [9.17, 15) is 0 Å². The lowest BCUT2D eigenvalue weighted by atomic mass is 9.95. The van der Waals surface area contributed by atoms with Crippen molar-refractivity contribution in [3.8, 4) is 5.82 Å². The highest BCUT2D eigenvalue weighted by molar-refractivity contribution is 5.32. The molecular formula is C18H21N7. The summed E-state index contributed by atoms with van der Waals surface area (Å²) in [6.45, 7) is 3.94. The third-order valence-electron chi connectivity index (χ3n) is 4.60. The van der Waals surface area contributed by atoms with Crippen LogP contribution in [-0.4, -0.2) is 42.6 Å². The Balaban J connectivity index is 1.58. The molecule has 0 saturated carbocycles. The largest absolute Gasteiger partial charge is 0.340 e. The maximum absolute atomic E-state index is 4.87. The lowest BCUT2D eigenvalue weighted by Gasteiger charge is -2.32. The molecule has 0 unspecified atom stereocenters. The number of nitrogens with zero attached hydrogens (tertiary/aromatic N) is 7. The second kappa shape index (κ2) is 6.96. The van der Waals surface area contributed by atoms with E-state index in [1.807, 2.05) is 29.2 Å². The Morgan fingerprint density at radius 1 is 1.12 bits per heavy atom. The molecule has 0 radical (unpaired) electrons. The average Bonchev–Trinajstić information content (AvgIpc) is 3.18. The molecule has 1 saturated heterocycles. The first-order valence-electron chi connectivity index (χ1n) is 8.71. The van der Waals surface area contributed by atoms with Crippen LogP contribution in [-0.2, 0) is 6.42 Å². The number of aryl methyl sites for hydroxylation is 1. The molecule has 0 N–H and O–H groups in total. The van der Waals surface area contributed by atoms with Gasteiger partial charge in [0.15, 0.2) is 5.82 Å². The van der Waals surface area contributed by atoms with Gasteiger partial charge in [0.05, 0.1) is 11.9 Å². The molecule has 3 aromatic heterocycles. The maximum Gasteiger partial charge on any atom is 0.225 e. The quantitative estimate of drug-likeness (QED) is 0.729. The van der Waals surface area contributed by atoms with Gasteiger partial charge in [0.1, 0.15) is 5.82 Å². The fourth-order valence-corrected chi connectivity index (χ4v) is 3.34. The topological polar surface area (TPSA) is 72.6 Å². The van der Waals surface area contributed by atoms with Crippen LogP contribution in [0.15, 0.2) is 43.2 Å². The van der Waals surface area contributed by atoms with E-state index in [-0.39, 0.29) is 0 Å². The number of aromatic nitrogens is 6. The summed E-state index contributed by atoms with van der Waals surface area (Å²) in [4.78, 5) is 24.7. The van der Waals surface area contributed by atoms with Gasteiger partial charge in [-0.05, 0) is 18.9 Å². The van der Waals surface area contributed by atoms with Gasteiger partial charge in [0.25, 0.3) is 0 Å². The zero-order valence-electron chi connectivity index (χ0n) is 14.3. The minimum absolute atomic E-state index is 0.332. The lowest BCUT2D eigenvalue weighted by Crippen LogP contribution is -2.35. The lowest BCUT2D eigenvalue weighted by molar-refractivity contribution is 0.493. The summed E-state index contributed by atoms with van der Waals surface area (Å²) in [6.07, 6.45) is 14.1. The smallest absolute Gasteiger partial charge is 0.225 e. The average molecular weight is 335 g/mol. The van der Waals surface area contributed by atoms with Crippen LogP contribution in [0, 0.1) is 0 Å². The highest BCUT2D eigenvalue weighted by Gasteiger charge is 2.24. The highest BCUT2D eigenvalue weighted by Crippen LogP contribution is 2.27. The Hall–Kier alpha value is -2.83. The molecule has 4 rings (SSSR count). The van der Waals surface area contributed by atoms with E-state index in [0.717, 1.165) is 55.6 Å². The van der Waals surface area contributed by atoms with Crippen LogP contribution < -0.4 is 4.90 Å². The molecule has 1 aliphatic heterocycles. The first-order chi connectivity index (χ1) is 12.3. The zero-order valence-corrected chi connectivity index (χ0v) is 14.3. The summed E-state index contributed by atoms with van der Waals surface area (Å²) in [6, 6.07) is 1.84. The Bertz CT molecular complexity index is 830. The van der Waals surface area contributed by atoms with Crippen molar-refractivity contribution in [3.63, 3.8) is 0 Å². The fourth-order valence-electron chi connectivity index (χ4n) is 3.34. The normalized spacial score (nSPS) is 17.6. The van der Waals surface area contributed by atoms with Gasteiger partial charge < -0.3 is 4.90 Å². The van der Waals surface area contributed by atoms with Crippen molar-refractivity contribution in [1.29, 1.82) is 0 Å². The van der Waals surface area contributed by atoms with E-state index in [1.165, 1.54) is 0 Å². The van der Waals surface area contributed by atoms with Crippen LogP contribution in [0.4, 0.5) is 5.95 Å². The SMILES string of the molecule is CCc1nccn1-c1cncc([C@H]2CCCN(c3ncccn3)C2)n1. The highest BCUT2D eigenvalue weighted by atomic mass is 15.3. The molecule has 7 nitrogen and oxygen atoms in total. The number of piperidine rings is 1. The van der Waals surface area contributed by atoms with E-state index in [4.69, 9.17) is 4.98 Å². The van der Waals surface area contributed by atoms with Crippen LogP contribution in [0.25, 0.3) is 5.82 Å². The molecule has 4 heterocycles. The van der Waals surface area contributed by atoms with Crippen molar-refractivity contribution in [2.24, 2.45) is 0 Å². The second-order valence-corrected chi connectivity index (χ2v) is 6.20. The van der Waals surface area contributed by atoms with Gasteiger partial charge in [0.2, 0.25) is 5.95 Å². The molecule has 0 aliphatic carbocycles. The molecule has 7 heteroatoms. The van der Waals surface area contributed by atoms with E-state index in [0.29, 0.717) is 5.92 Å². The molecule has 0 bridgehead atoms. The van der Waals surface area contributed by atoms with Gasteiger partial charge in [-0.3, -0.25) is 9.55 Å². The van der Waals surface area contributed by atoms with Crippen LogP contribution >= 0.6 is 0 Å². The molecular weight excluding hydrogens is 314 g/mol. The third-order valence-corrected chi connectivity index (χ3v) is 4.60. The summed E-state index contributed by atoms with van der Waals surface area (Å²) < 4.78 is 2.01. The predicted molar refractivity (Wildman–Crippen MR) is 94.8 cm³/mol. The fraction of sp³-hybridized carbons (Fsp3) is 0.389. The number of hydrogen-bond acceptors (Lipinski definition) is 6. The van der Waals surface area contributed by atoms with E-state index < -0.39 is 0 Å². The zero-order chi connectivity index (χ0) is 17.1. The standard InChI is InChI=1S/C18H21N7/c1-2-16-20-8-10-25(16)17-12-19-11-15(23-17)14-5-3-9-24(13-14)18-21-6-4-7-22-18/h4,6-8,10-12,14H,2-3,5,9,13H2,1H3/t14-/m0/s1. The van der Waals surface area contributed by atoms with Crippen molar-refractivity contribution in [3.05, 3.63) is 54.8 Å². The Kier molecular flexibility index (Phi) is 4.37. The second-order valence-electron chi connectivity index (χ2n) is 6.20. The Morgan fingerprint density at radius 2 is 2.00 bits per heavy atom. The molecule has 3 aromatic rings. The number of anilines is 1. The van der Waals surface area contributed by atoms with Crippen molar-refractivity contribution in [2.75, 3.05) is 18.0 Å². The number of imidazole rings is 1. The first kappa shape index (κ1) is 15.7. The molecule has 0 amide bonds. The van der Waals surface area contributed by atoms with Gasteiger partial charge in [-0.15, -0.1) is 0 Å². The van der Waals surface area contributed by atoms with Crippen LogP contribution in [0.5, 0.6) is 0 Å². The minimum Gasteiger partial charge on any atom is -0.340 e. The summed E-state index contributed by atoms with van der Waals surface area (Å²) in [5, 5.41) is 0. The molecule has 25 heavy (non-hydrogen) atoms. The van der Waals surface area contributed by atoms with E-state index >= 15 is 0 Å². The summed E-state index contributed by atoms with van der Waals surface area (Å²) in [7, 11) is 0. The molecule has 0 aromatic carbocycles. The van der Waals surface area contributed by atoms with Gasteiger partial charge in [-0.1, -0.05) is 6.92 Å². The van der Waals surface area contributed by atoms with Crippen LogP contribution in [0.2, 0.25) is 0 Å². The minimum atomic E-state index is 0.332. The molecule has 1 fully saturated rings. The van der Waals surface area contributed by atoms with Crippen LogP contribution in [0.1, 0.15) is 37.2 Å². The molecule has 1 atom stereocenters.